The standard InChI is InChI=1S/C20H27NO3/c1-4-17(14-22)21(12-16-9-6-5-8-15(16)2)13-18-19(23)10-7-11-20(18)24-3/h5-11,17,22-23H,4,12-14H2,1-3H3. The molecule has 2 aromatic carbocycles. The number of benzene rings is 2. The highest BCUT2D eigenvalue weighted by Crippen LogP contribution is 2.30. The van der Waals surface area contributed by atoms with Crippen LogP contribution in [-0.2, 0) is 13.1 Å². The summed E-state index contributed by atoms with van der Waals surface area (Å²) in [5.74, 6) is 0.884. The molecule has 0 spiro atoms. The van der Waals surface area contributed by atoms with Gasteiger partial charge in [0.15, 0.2) is 0 Å². The Bertz CT molecular complexity index is 653. The number of phenols is 1. The van der Waals surface area contributed by atoms with Crippen LogP contribution in [0.5, 0.6) is 11.5 Å². The molecule has 0 saturated carbocycles. The van der Waals surface area contributed by atoms with E-state index in [0.717, 1.165) is 12.0 Å². The Balaban J connectivity index is 2.32. The van der Waals surface area contributed by atoms with Gasteiger partial charge in [-0.15, -0.1) is 0 Å². The molecule has 0 fully saturated rings. The summed E-state index contributed by atoms with van der Waals surface area (Å²) in [5, 5.41) is 20.0. The summed E-state index contributed by atoms with van der Waals surface area (Å²) in [6, 6.07) is 13.6. The Kier molecular flexibility index (Phi) is 6.64. The molecule has 2 rings (SSSR count). The number of nitrogens with zero attached hydrogens (tertiary/aromatic N) is 1. The summed E-state index contributed by atoms with van der Waals surface area (Å²) in [6.07, 6.45) is 0.832. The van der Waals surface area contributed by atoms with Gasteiger partial charge in [-0.1, -0.05) is 37.3 Å². The molecule has 1 unspecified atom stereocenters. The minimum Gasteiger partial charge on any atom is -0.507 e. The zero-order chi connectivity index (χ0) is 17.5. The predicted octanol–water partition coefficient (Wildman–Crippen LogP) is 3.48. The molecule has 0 aliphatic rings. The van der Waals surface area contributed by atoms with Crippen molar-refractivity contribution in [3.05, 3.63) is 59.2 Å². The minimum absolute atomic E-state index is 0.0221. The first kappa shape index (κ1) is 18.3. The fourth-order valence-corrected chi connectivity index (χ4v) is 2.93. The van der Waals surface area contributed by atoms with Gasteiger partial charge >= 0.3 is 0 Å². The molecule has 24 heavy (non-hydrogen) atoms. The number of rotatable bonds is 8. The third-order valence-electron chi connectivity index (χ3n) is 4.52. The number of methoxy groups -OCH3 is 1. The quantitative estimate of drug-likeness (QED) is 0.778. The Morgan fingerprint density at radius 1 is 1.08 bits per heavy atom. The van der Waals surface area contributed by atoms with Gasteiger partial charge in [-0.05, 0) is 36.6 Å². The number of hydrogen-bond donors (Lipinski definition) is 2. The fourth-order valence-electron chi connectivity index (χ4n) is 2.93. The van der Waals surface area contributed by atoms with Crippen LogP contribution in [0.15, 0.2) is 42.5 Å². The molecular formula is C20H27NO3. The van der Waals surface area contributed by atoms with Crippen molar-refractivity contribution in [3.63, 3.8) is 0 Å². The Morgan fingerprint density at radius 3 is 2.46 bits per heavy atom. The minimum atomic E-state index is 0.0221. The molecule has 0 aliphatic carbocycles. The Labute approximate surface area is 144 Å². The van der Waals surface area contributed by atoms with Crippen molar-refractivity contribution in [1.82, 2.24) is 4.90 Å². The van der Waals surface area contributed by atoms with Crippen molar-refractivity contribution in [3.8, 4) is 11.5 Å². The summed E-state index contributed by atoms with van der Waals surface area (Å²) in [5.41, 5.74) is 3.19. The lowest BCUT2D eigenvalue weighted by Crippen LogP contribution is -2.36. The van der Waals surface area contributed by atoms with E-state index in [9.17, 15) is 10.2 Å². The van der Waals surface area contributed by atoms with Gasteiger partial charge in [0.2, 0.25) is 0 Å². The zero-order valence-corrected chi connectivity index (χ0v) is 14.7. The summed E-state index contributed by atoms with van der Waals surface area (Å²) in [4.78, 5) is 2.19. The Morgan fingerprint density at radius 2 is 1.83 bits per heavy atom. The molecule has 0 radical (unpaired) electrons. The molecule has 0 aromatic heterocycles. The molecule has 1 atom stereocenters. The first-order valence-corrected chi connectivity index (χ1v) is 8.34. The van der Waals surface area contributed by atoms with E-state index in [1.165, 1.54) is 11.1 Å². The molecule has 4 heteroatoms. The monoisotopic (exact) mass is 329 g/mol. The van der Waals surface area contributed by atoms with Gasteiger partial charge in [-0.2, -0.15) is 0 Å². The smallest absolute Gasteiger partial charge is 0.127 e. The second-order valence-corrected chi connectivity index (χ2v) is 6.03. The maximum atomic E-state index is 10.3. The van der Waals surface area contributed by atoms with Gasteiger partial charge < -0.3 is 14.9 Å². The first-order valence-electron chi connectivity index (χ1n) is 8.34. The van der Waals surface area contributed by atoms with Gasteiger partial charge in [0.05, 0.1) is 13.7 Å². The molecule has 2 N–H and O–H groups in total. The topological polar surface area (TPSA) is 52.9 Å². The number of aliphatic hydroxyl groups excluding tert-OH is 1. The number of phenolic OH excluding ortho intramolecular Hbond substituents is 1. The van der Waals surface area contributed by atoms with Gasteiger partial charge in [-0.3, -0.25) is 4.90 Å². The maximum Gasteiger partial charge on any atom is 0.127 e. The van der Waals surface area contributed by atoms with E-state index in [4.69, 9.17) is 4.74 Å². The second kappa shape index (κ2) is 8.71. The average molecular weight is 329 g/mol. The van der Waals surface area contributed by atoms with E-state index in [1.807, 2.05) is 18.2 Å². The predicted molar refractivity (Wildman–Crippen MR) is 96.2 cm³/mol. The molecule has 0 heterocycles. The van der Waals surface area contributed by atoms with Gasteiger partial charge in [0.1, 0.15) is 11.5 Å². The van der Waals surface area contributed by atoms with Gasteiger partial charge in [0, 0.05) is 24.7 Å². The van der Waals surface area contributed by atoms with E-state index in [-0.39, 0.29) is 18.4 Å². The van der Waals surface area contributed by atoms with E-state index >= 15 is 0 Å². The maximum absolute atomic E-state index is 10.3. The highest BCUT2D eigenvalue weighted by molar-refractivity contribution is 5.44. The van der Waals surface area contributed by atoms with Crippen molar-refractivity contribution in [1.29, 1.82) is 0 Å². The molecular weight excluding hydrogens is 302 g/mol. The van der Waals surface area contributed by atoms with Crippen LogP contribution in [0.2, 0.25) is 0 Å². The third-order valence-corrected chi connectivity index (χ3v) is 4.52. The third kappa shape index (κ3) is 4.28. The summed E-state index contributed by atoms with van der Waals surface area (Å²) in [7, 11) is 1.60. The summed E-state index contributed by atoms with van der Waals surface area (Å²) in [6.45, 7) is 5.46. The highest BCUT2D eigenvalue weighted by atomic mass is 16.5. The molecule has 130 valence electrons. The van der Waals surface area contributed by atoms with Gasteiger partial charge in [-0.25, -0.2) is 0 Å². The molecule has 0 aliphatic heterocycles. The molecule has 2 aromatic rings. The second-order valence-electron chi connectivity index (χ2n) is 6.03. The number of aromatic hydroxyl groups is 1. The lowest BCUT2D eigenvalue weighted by Gasteiger charge is -2.31. The van der Waals surface area contributed by atoms with Crippen molar-refractivity contribution < 1.29 is 14.9 Å². The van der Waals surface area contributed by atoms with Crippen LogP contribution in [0, 0.1) is 6.92 Å². The number of ether oxygens (including phenoxy) is 1. The number of aryl methyl sites for hydroxylation is 1. The van der Waals surface area contributed by atoms with Crippen LogP contribution in [0.25, 0.3) is 0 Å². The van der Waals surface area contributed by atoms with Crippen LogP contribution in [0.4, 0.5) is 0 Å². The van der Waals surface area contributed by atoms with E-state index in [2.05, 4.69) is 30.9 Å². The van der Waals surface area contributed by atoms with Crippen LogP contribution in [-0.4, -0.2) is 34.9 Å². The number of aliphatic hydroxyl groups is 1. The lowest BCUT2D eigenvalue weighted by molar-refractivity contribution is 0.105. The largest absolute Gasteiger partial charge is 0.507 e. The van der Waals surface area contributed by atoms with E-state index in [0.29, 0.717) is 18.8 Å². The van der Waals surface area contributed by atoms with Crippen molar-refractivity contribution in [2.75, 3.05) is 13.7 Å². The average Bonchev–Trinajstić information content (AvgIpc) is 2.59. The zero-order valence-electron chi connectivity index (χ0n) is 14.7. The summed E-state index contributed by atoms with van der Waals surface area (Å²) >= 11 is 0. The molecule has 0 bridgehead atoms. The number of hydrogen-bond acceptors (Lipinski definition) is 4. The summed E-state index contributed by atoms with van der Waals surface area (Å²) < 4.78 is 5.40. The van der Waals surface area contributed by atoms with Crippen LogP contribution in [0.1, 0.15) is 30.0 Å². The van der Waals surface area contributed by atoms with Crippen LogP contribution < -0.4 is 4.74 Å². The van der Waals surface area contributed by atoms with E-state index in [1.54, 1.807) is 19.2 Å². The van der Waals surface area contributed by atoms with E-state index < -0.39 is 0 Å². The van der Waals surface area contributed by atoms with Crippen molar-refractivity contribution in [2.24, 2.45) is 0 Å². The molecule has 0 saturated heterocycles. The fraction of sp³-hybridized carbons (Fsp3) is 0.400. The van der Waals surface area contributed by atoms with Crippen molar-refractivity contribution in [2.45, 2.75) is 39.4 Å². The lowest BCUT2D eigenvalue weighted by atomic mass is 10.0. The SMILES string of the molecule is CCC(CO)N(Cc1ccccc1C)Cc1c(O)cccc1OC. The highest BCUT2D eigenvalue weighted by Gasteiger charge is 2.21. The van der Waals surface area contributed by atoms with Crippen LogP contribution >= 0.6 is 0 Å². The Hall–Kier alpha value is -2.04. The molecule has 0 amide bonds. The van der Waals surface area contributed by atoms with Crippen molar-refractivity contribution >= 4 is 0 Å². The normalized spacial score (nSPS) is 12.4. The first-order chi connectivity index (χ1) is 11.6. The van der Waals surface area contributed by atoms with Gasteiger partial charge in [0.25, 0.3) is 0 Å². The van der Waals surface area contributed by atoms with Crippen LogP contribution in [0.3, 0.4) is 0 Å². The molecule has 4 nitrogen and oxygen atoms in total.